The van der Waals surface area contributed by atoms with Crippen LogP contribution in [0.15, 0.2) is 247 Å². The highest BCUT2D eigenvalue weighted by molar-refractivity contribution is 7.19. The van der Waals surface area contributed by atoms with Crippen molar-refractivity contribution in [2.24, 2.45) is 0 Å². The fraction of sp³-hybridized carbons (Fsp3) is 0. The topological polar surface area (TPSA) is 23.0 Å². The Morgan fingerprint density at radius 2 is 0.844 bits per heavy atom. The normalized spacial score (nSPS) is 12.1. The van der Waals surface area contributed by atoms with Crippen molar-refractivity contribution < 1.29 is 4.42 Å². The van der Waals surface area contributed by atoms with Crippen molar-refractivity contribution in [2.45, 2.75) is 0 Å². The molecular weight excluding hydrogens is 793 g/mol. The summed E-state index contributed by atoms with van der Waals surface area (Å²) in [7, 11) is -2.76. The van der Waals surface area contributed by atoms with Gasteiger partial charge in [-0.3, -0.25) is 0 Å². The molecule has 13 aromatic rings. The highest BCUT2D eigenvalue weighted by Gasteiger charge is 2.41. The van der Waals surface area contributed by atoms with Gasteiger partial charge in [-0.05, 0) is 80.9 Å². The van der Waals surface area contributed by atoms with Gasteiger partial charge in [0.15, 0.2) is 8.07 Å². The molecule has 0 saturated heterocycles. The van der Waals surface area contributed by atoms with Crippen LogP contribution >= 0.6 is 0 Å². The Kier molecular flexibility index (Phi) is 8.23. The first-order chi connectivity index (χ1) is 31.8. The summed E-state index contributed by atoms with van der Waals surface area (Å²) in [6.45, 7) is 0. The highest BCUT2D eigenvalue weighted by Crippen LogP contribution is 2.43. The molecule has 0 saturated carbocycles. The van der Waals surface area contributed by atoms with Crippen molar-refractivity contribution in [1.82, 2.24) is 9.13 Å². The second kappa shape index (κ2) is 14.5. The molecule has 0 N–H and O–H groups in total. The summed E-state index contributed by atoms with van der Waals surface area (Å²) in [4.78, 5) is 0. The molecule has 0 aliphatic carbocycles. The second-order valence-corrected chi connectivity index (χ2v) is 20.6. The summed E-state index contributed by atoms with van der Waals surface area (Å²) < 4.78 is 11.4. The molecule has 4 heteroatoms. The van der Waals surface area contributed by atoms with Gasteiger partial charge in [0.25, 0.3) is 0 Å². The summed E-state index contributed by atoms with van der Waals surface area (Å²) in [5.74, 6) is 0. The molecule has 13 rings (SSSR count). The molecule has 0 bridgehead atoms. The minimum Gasteiger partial charge on any atom is -0.456 e. The van der Waals surface area contributed by atoms with Crippen LogP contribution in [0, 0.1) is 0 Å². The van der Waals surface area contributed by atoms with Crippen LogP contribution in [0.4, 0.5) is 0 Å². The van der Waals surface area contributed by atoms with Crippen LogP contribution in [0.5, 0.6) is 0 Å². The van der Waals surface area contributed by atoms with Gasteiger partial charge in [-0.2, -0.15) is 0 Å². The molecule has 0 spiro atoms. The summed E-state index contributed by atoms with van der Waals surface area (Å²) in [6.07, 6.45) is 0. The lowest BCUT2D eigenvalue weighted by Gasteiger charge is -2.34. The van der Waals surface area contributed by atoms with Crippen molar-refractivity contribution in [3.05, 3.63) is 243 Å². The van der Waals surface area contributed by atoms with Crippen LogP contribution < -0.4 is 20.7 Å². The Morgan fingerprint density at radius 3 is 1.55 bits per heavy atom. The number of nitrogens with zero attached hydrogens (tertiary/aromatic N) is 2. The molecule has 3 nitrogen and oxygen atoms in total. The van der Waals surface area contributed by atoms with E-state index in [9.17, 15) is 0 Å². The number of rotatable bonds is 7. The van der Waals surface area contributed by atoms with Crippen molar-refractivity contribution in [3.63, 3.8) is 0 Å². The molecule has 0 radical (unpaired) electrons. The van der Waals surface area contributed by atoms with Crippen LogP contribution in [0.1, 0.15) is 0 Å². The Labute approximate surface area is 371 Å². The van der Waals surface area contributed by atoms with Gasteiger partial charge in [-0.25, -0.2) is 0 Å². The third-order valence-corrected chi connectivity index (χ3v) is 18.2. The monoisotopic (exact) mass is 832 g/mol. The average Bonchev–Trinajstić information content (AvgIpc) is 4.03. The summed E-state index contributed by atoms with van der Waals surface area (Å²) in [6, 6.07) is 89.2. The number of hydrogen-bond acceptors (Lipinski definition) is 1. The maximum absolute atomic E-state index is 6.44. The van der Waals surface area contributed by atoms with Gasteiger partial charge in [0.2, 0.25) is 0 Å². The Hall–Kier alpha value is -8.18. The number of hydrogen-bond donors (Lipinski definition) is 0. The fourth-order valence-corrected chi connectivity index (χ4v) is 15.6. The van der Waals surface area contributed by atoms with Gasteiger partial charge < -0.3 is 13.6 Å². The van der Waals surface area contributed by atoms with E-state index in [1.165, 1.54) is 75.5 Å². The Bertz CT molecular complexity index is 3800. The van der Waals surface area contributed by atoms with Gasteiger partial charge in [-0.15, -0.1) is 0 Å². The molecule has 0 atom stereocenters. The molecule has 0 unspecified atom stereocenters. The van der Waals surface area contributed by atoms with E-state index >= 15 is 0 Å². The quantitative estimate of drug-likeness (QED) is 0.116. The van der Waals surface area contributed by atoms with E-state index in [4.69, 9.17) is 4.42 Å². The number of fused-ring (bicyclic) bond motifs is 9. The molecule has 0 amide bonds. The summed E-state index contributed by atoms with van der Waals surface area (Å²) in [5.41, 5.74) is 11.1. The van der Waals surface area contributed by atoms with Crippen molar-refractivity contribution in [1.29, 1.82) is 0 Å². The molecule has 3 heterocycles. The first-order valence-electron chi connectivity index (χ1n) is 22.0. The maximum Gasteiger partial charge on any atom is 0.179 e. The standard InChI is InChI=1S/C60H40N2OSi/c1-4-20-43(21-5-1)64(44-22-6-2-7-23-44,45-24-8-3-9-25-45)46-26-16-19-42(40-46)61-53-32-13-11-28-49(53)52-39-41(37-38-55(52)61)47-30-17-31-50-48-27-10-14-33-54(48)62(60(47)50)56-34-18-36-58-59(56)51-29-12-15-35-57(51)63-58/h1-40H. The predicted octanol–water partition coefficient (Wildman–Crippen LogP) is 12.8. The molecule has 0 aliphatic rings. The van der Waals surface area contributed by atoms with Crippen LogP contribution in [0.25, 0.3) is 88.1 Å². The van der Waals surface area contributed by atoms with E-state index in [0.717, 1.165) is 33.3 Å². The minimum atomic E-state index is -2.76. The predicted molar refractivity (Wildman–Crippen MR) is 271 cm³/mol. The molecule has 0 aliphatic heterocycles. The number of para-hydroxylation sites is 4. The van der Waals surface area contributed by atoms with Crippen LogP contribution in [0.2, 0.25) is 0 Å². The zero-order chi connectivity index (χ0) is 42.2. The Morgan fingerprint density at radius 1 is 0.328 bits per heavy atom. The van der Waals surface area contributed by atoms with Crippen molar-refractivity contribution in [3.8, 4) is 22.5 Å². The van der Waals surface area contributed by atoms with Crippen molar-refractivity contribution in [2.75, 3.05) is 0 Å². The fourth-order valence-electron chi connectivity index (χ4n) is 10.8. The van der Waals surface area contributed by atoms with E-state index in [1.54, 1.807) is 0 Å². The lowest BCUT2D eigenvalue weighted by atomic mass is 9.99. The van der Waals surface area contributed by atoms with E-state index in [-0.39, 0.29) is 0 Å². The highest BCUT2D eigenvalue weighted by atomic mass is 28.3. The summed E-state index contributed by atoms with van der Waals surface area (Å²) in [5, 5.41) is 12.6. The lowest BCUT2D eigenvalue weighted by molar-refractivity contribution is 0.669. The van der Waals surface area contributed by atoms with Gasteiger partial charge in [0.1, 0.15) is 11.2 Å². The molecule has 0 fully saturated rings. The zero-order valence-corrected chi connectivity index (χ0v) is 35.9. The first-order valence-corrected chi connectivity index (χ1v) is 24.0. The largest absolute Gasteiger partial charge is 0.456 e. The van der Waals surface area contributed by atoms with Gasteiger partial charge in [0.05, 0.1) is 33.1 Å². The van der Waals surface area contributed by atoms with E-state index in [1.807, 2.05) is 6.07 Å². The van der Waals surface area contributed by atoms with E-state index in [0.29, 0.717) is 0 Å². The van der Waals surface area contributed by atoms with Gasteiger partial charge in [0, 0.05) is 38.2 Å². The molecule has 64 heavy (non-hydrogen) atoms. The third-order valence-electron chi connectivity index (χ3n) is 13.5. The number of aromatic nitrogens is 2. The van der Waals surface area contributed by atoms with Crippen LogP contribution in [-0.2, 0) is 0 Å². The van der Waals surface area contributed by atoms with Crippen LogP contribution in [0.3, 0.4) is 0 Å². The first kappa shape index (κ1) is 36.5. The lowest BCUT2D eigenvalue weighted by Crippen LogP contribution is -2.74. The second-order valence-electron chi connectivity index (χ2n) is 16.8. The third kappa shape index (κ3) is 5.33. The van der Waals surface area contributed by atoms with Gasteiger partial charge in [-0.1, -0.05) is 188 Å². The minimum absolute atomic E-state index is 0.886. The van der Waals surface area contributed by atoms with Gasteiger partial charge >= 0.3 is 0 Å². The van der Waals surface area contributed by atoms with E-state index < -0.39 is 8.07 Å². The smallest absolute Gasteiger partial charge is 0.179 e. The van der Waals surface area contributed by atoms with E-state index in [2.05, 4.69) is 246 Å². The molecule has 3 aromatic heterocycles. The number of benzene rings is 10. The molecule has 300 valence electrons. The average molecular weight is 833 g/mol. The van der Waals surface area contributed by atoms with Crippen molar-refractivity contribution >= 4 is 94.4 Å². The SMILES string of the molecule is c1ccc([Si](c2ccccc2)(c2ccccc2)c2cccc(-n3c4ccccc4c4cc(-c5cccc6c7ccccc7n(-c7cccc8oc9ccccc9c78)c56)ccc43)c2)cc1. The maximum atomic E-state index is 6.44. The van der Waals surface area contributed by atoms with Crippen LogP contribution in [-0.4, -0.2) is 17.2 Å². The Balaban J connectivity index is 1.05. The zero-order valence-electron chi connectivity index (χ0n) is 34.9. The molecular formula is C60H40N2OSi. The summed E-state index contributed by atoms with van der Waals surface area (Å²) >= 11 is 0. The molecule has 10 aromatic carbocycles. The number of furan rings is 1.